The number of benzene rings is 1. The van der Waals surface area contributed by atoms with Gasteiger partial charge in [0.05, 0.1) is 28.5 Å². The van der Waals surface area contributed by atoms with E-state index in [4.69, 9.17) is 10.7 Å². The highest BCUT2D eigenvalue weighted by atomic mass is 15.3. The zero-order valence-corrected chi connectivity index (χ0v) is 18.2. The van der Waals surface area contributed by atoms with Gasteiger partial charge in [0.2, 0.25) is 5.95 Å². The van der Waals surface area contributed by atoms with Crippen LogP contribution in [0.1, 0.15) is 31.1 Å². The van der Waals surface area contributed by atoms with Crippen molar-refractivity contribution in [1.82, 2.24) is 34.5 Å². The maximum atomic E-state index is 6.51. The van der Waals surface area contributed by atoms with Crippen molar-refractivity contribution >= 4 is 39.4 Å². The molecule has 0 aliphatic heterocycles. The van der Waals surface area contributed by atoms with E-state index < -0.39 is 0 Å². The fourth-order valence-electron chi connectivity index (χ4n) is 4.08. The maximum Gasteiger partial charge on any atom is 0.231 e. The molecule has 9 nitrogen and oxygen atoms in total. The van der Waals surface area contributed by atoms with Crippen LogP contribution >= 0.6 is 0 Å². The van der Waals surface area contributed by atoms with Crippen molar-refractivity contribution < 1.29 is 0 Å². The van der Waals surface area contributed by atoms with Crippen LogP contribution in [0, 0.1) is 13.8 Å². The Bertz CT molecular complexity index is 1430. The lowest BCUT2D eigenvalue weighted by Gasteiger charge is -2.10. The molecule has 0 bridgehead atoms. The zero-order valence-electron chi connectivity index (χ0n) is 18.2. The molecule has 4 N–H and O–H groups in total. The first-order valence-electron chi connectivity index (χ1n) is 10.2. The minimum Gasteiger partial charge on any atom is -0.383 e. The number of H-pyrrole nitrogens is 1. The first kappa shape index (κ1) is 19.1. The van der Waals surface area contributed by atoms with Crippen LogP contribution in [-0.4, -0.2) is 34.5 Å². The molecular formula is C22H25N9. The molecule has 0 unspecified atom stereocenters. The smallest absolute Gasteiger partial charge is 0.231 e. The molecule has 0 aliphatic carbocycles. The number of anilines is 3. The molecule has 1 aromatic carbocycles. The Labute approximate surface area is 179 Å². The number of nitrogens with zero attached hydrogens (tertiary/aromatic N) is 6. The minimum absolute atomic E-state index is 0.198. The number of aromatic amines is 1. The standard InChI is InChI=1S/C22H25N9/c1-11(2)31-9-16(14-7-6-12(3)19-15(14)8-24-28-19)18-20(23)26-22(27-21(18)31)25-17-10-30(5)29-13(17)4/h6-11H,1-5H3,(H,24,28)(H3,23,25,26,27). The van der Waals surface area contributed by atoms with Crippen LogP contribution in [0.4, 0.5) is 17.5 Å². The zero-order chi connectivity index (χ0) is 21.9. The predicted molar refractivity (Wildman–Crippen MR) is 123 cm³/mol. The SMILES string of the molecule is Cc1nn(C)cc1Nc1nc(N)c2c(-c3ccc(C)c4[nH]ncc34)cn(C(C)C)c2n1. The van der Waals surface area contributed by atoms with Gasteiger partial charge in [0.15, 0.2) is 0 Å². The number of rotatable bonds is 4. The van der Waals surface area contributed by atoms with Crippen LogP contribution in [0.15, 0.2) is 30.7 Å². The van der Waals surface area contributed by atoms with E-state index >= 15 is 0 Å². The summed E-state index contributed by atoms with van der Waals surface area (Å²) in [5, 5.41) is 16.9. The van der Waals surface area contributed by atoms with Gasteiger partial charge in [-0.05, 0) is 38.8 Å². The molecule has 0 atom stereocenters. The van der Waals surface area contributed by atoms with Crippen molar-refractivity contribution in [1.29, 1.82) is 0 Å². The second kappa shape index (κ2) is 6.83. The second-order valence-electron chi connectivity index (χ2n) is 8.19. The molecule has 4 heterocycles. The van der Waals surface area contributed by atoms with Crippen LogP contribution in [0.3, 0.4) is 0 Å². The van der Waals surface area contributed by atoms with E-state index in [1.165, 1.54) is 0 Å². The van der Waals surface area contributed by atoms with E-state index in [9.17, 15) is 0 Å². The average molecular weight is 416 g/mol. The third kappa shape index (κ3) is 3.00. The number of fused-ring (bicyclic) bond motifs is 2. The van der Waals surface area contributed by atoms with Crippen molar-refractivity contribution in [3.63, 3.8) is 0 Å². The van der Waals surface area contributed by atoms with Crippen molar-refractivity contribution in [3.8, 4) is 11.1 Å². The van der Waals surface area contributed by atoms with Crippen LogP contribution in [-0.2, 0) is 7.05 Å². The van der Waals surface area contributed by atoms with E-state index in [0.717, 1.165) is 50.0 Å². The number of nitrogens with two attached hydrogens (primary N) is 1. The number of hydrogen-bond donors (Lipinski definition) is 3. The van der Waals surface area contributed by atoms with Gasteiger partial charge in [0.1, 0.15) is 11.5 Å². The van der Waals surface area contributed by atoms with Gasteiger partial charge in [0, 0.05) is 36.4 Å². The number of aryl methyl sites for hydroxylation is 3. The summed E-state index contributed by atoms with van der Waals surface area (Å²) in [6.45, 7) is 8.26. The number of nitrogen functional groups attached to an aromatic ring is 1. The summed E-state index contributed by atoms with van der Waals surface area (Å²) in [6.07, 6.45) is 5.86. The third-order valence-corrected chi connectivity index (χ3v) is 5.63. The van der Waals surface area contributed by atoms with Gasteiger partial charge >= 0.3 is 0 Å². The molecule has 0 radical (unpaired) electrons. The Morgan fingerprint density at radius 3 is 2.61 bits per heavy atom. The highest BCUT2D eigenvalue weighted by molar-refractivity contribution is 6.08. The highest BCUT2D eigenvalue weighted by Gasteiger charge is 2.21. The Kier molecular flexibility index (Phi) is 4.21. The molecule has 0 saturated carbocycles. The van der Waals surface area contributed by atoms with Gasteiger partial charge in [-0.15, -0.1) is 0 Å². The van der Waals surface area contributed by atoms with E-state index in [2.05, 4.69) is 69.3 Å². The van der Waals surface area contributed by atoms with Gasteiger partial charge < -0.3 is 15.6 Å². The number of hydrogen-bond acceptors (Lipinski definition) is 6. The van der Waals surface area contributed by atoms with E-state index in [-0.39, 0.29) is 6.04 Å². The van der Waals surface area contributed by atoms with E-state index in [1.54, 1.807) is 4.68 Å². The van der Waals surface area contributed by atoms with Crippen molar-refractivity contribution in [2.24, 2.45) is 7.05 Å². The average Bonchev–Trinajstić information content (AvgIpc) is 3.40. The molecular weight excluding hydrogens is 390 g/mol. The van der Waals surface area contributed by atoms with Crippen LogP contribution in [0.5, 0.6) is 0 Å². The van der Waals surface area contributed by atoms with Crippen LogP contribution in [0.2, 0.25) is 0 Å². The van der Waals surface area contributed by atoms with E-state index in [0.29, 0.717) is 11.8 Å². The second-order valence-corrected chi connectivity index (χ2v) is 8.19. The van der Waals surface area contributed by atoms with Crippen molar-refractivity contribution in [2.75, 3.05) is 11.1 Å². The molecule has 158 valence electrons. The van der Waals surface area contributed by atoms with Crippen molar-refractivity contribution in [3.05, 3.63) is 42.0 Å². The van der Waals surface area contributed by atoms with Gasteiger partial charge in [-0.2, -0.15) is 20.2 Å². The normalized spacial score (nSPS) is 11.8. The molecule has 0 amide bonds. The van der Waals surface area contributed by atoms with Gasteiger partial charge in [-0.25, -0.2) is 0 Å². The summed E-state index contributed by atoms with van der Waals surface area (Å²) in [5.74, 6) is 0.880. The molecule has 4 aromatic heterocycles. The molecule has 0 spiro atoms. The quantitative estimate of drug-likeness (QED) is 0.404. The molecule has 9 heteroatoms. The van der Waals surface area contributed by atoms with Crippen LogP contribution < -0.4 is 11.1 Å². The monoisotopic (exact) mass is 415 g/mol. The first-order valence-corrected chi connectivity index (χ1v) is 10.2. The summed E-state index contributed by atoms with van der Waals surface area (Å²) >= 11 is 0. The molecule has 0 fully saturated rings. The first-order chi connectivity index (χ1) is 14.8. The molecule has 0 aliphatic rings. The molecule has 31 heavy (non-hydrogen) atoms. The lowest BCUT2D eigenvalue weighted by molar-refractivity contribution is 0.618. The minimum atomic E-state index is 0.198. The fraction of sp³-hybridized carbons (Fsp3) is 0.273. The largest absolute Gasteiger partial charge is 0.383 e. The molecule has 0 saturated heterocycles. The summed E-state index contributed by atoms with van der Waals surface area (Å²) in [5.41, 5.74) is 13.2. The summed E-state index contributed by atoms with van der Waals surface area (Å²) in [6, 6.07) is 4.40. The third-order valence-electron chi connectivity index (χ3n) is 5.63. The predicted octanol–water partition coefficient (Wildman–Crippen LogP) is 4.23. The lowest BCUT2D eigenvalue weighted by atomic mass is 10.00. The van der Waals surface area contributed by atoms with Crippen LogP contribution in [0.25, 0.3) is 33.1 Å². The summed E-state index contributed by atoms with van der Waals surface area (Å²) < 4.78 is 3.89. The van der Waals surface area contributed by atoms with E-state index in [1.807, 2.05) is 26.4 Å². The van der Waals surface area contributed by atoms with Gasteiger partial charge in [-0.3, -0.25) is 9.78 Å². The van der Waals surface area contributed by atoms with Crippen molar-refractivity contribution in [2.45, 2.75) is 33.7 Å². The lowest BCUT2D eigenvalue weighted by Crippen LogP contribution is -2.05. The topological polar surface area (TPSA) is 115 Å². The fourth-order valence-corrected chi connectivity index (χ4v) is 4.08. The summed E-state index contributed by atoms with van der Waals surface area (Å²) in [7, 11) is 1.88. The Hall–Kier alpha value is -3.88. The summed E-state index contributed by atoms with van der Waals surface area (Å²) in [4.78, 5) is 9.41. The van der Waals surface area contributed by atoms with Gasteiger partial charge in [-0.1, -0.05) is 12.1 Å². The Morgan fingerprint density at radius 2 is 1.90 bits per heavy atom. The Balaban J connectivity index is 1.73. The number of aromatic nitrogens is 7. The molecule has 5 rings (SSSR count). The Morgan fingerprint density at radius 1 is 1.10 bits per heavy atom. The highest BCUT2D eigenvalue weighted by Crippen LogP contribution is 2.39. The maximum absolute atomic E-state index is 6.51. The molecule has 5 aromatic rings. The van der Waals surface area contributed by atoms with Gasteiger partial charge in [0.25, 0.3) is 0 Å². The number of nitrogens with one attached hydrogen (secondary N) is 2.